The molecule has 222 valence electrons. The van der Waals surface area contributed by atoms with Crippen molar-refractivity contribution in [1.82, 2.24) is 4.98 Å². The summed E-state index contributed by atoms with van der Waals surface area (Å²) in [6, 6.07) is 18.6. The molecule has 0 saturated heterocycles. The Morgan fingerprint density at radius 1 is 1.00 bits per heavy atom. The zero-order valence-corrected chi connectivity index (χ0v) is 25.2. The van der Waals surface area contributed by atoms with Crippen LogP contribution in [0.2, 0.25) is 0 Å². The Kier molecular flexibility index (Phi) is 9.62. The van der Waals surface area contributed by atoms with Crippen molar-refractivity contribution < 1.29 is 27.5 Å². The highest BCUT2D eigenvalue weighted by Crippen LogP contribution is 2.38. The minimum absolute atomic E-state index is 0.0618. The molecule has 2 N–H and O–H groups in total. The second kappa shape index (κ2) is 13.3. The number of nitrogen functional groups attached to an aromatic ring is 1. The number of anilines is 2. The van der Waals surface area contributed by atoms with E-state index in [1.807, 2.05) is 43.3 Å². The molecule has 9 nitrogen and oxygen atoms in total. The average molecular weight is 600 g/mol. The standard InChI is InChI=1S/C33H33N3O6S/c1-5-36(24-11-7-6-8-12-24)29(37)18-17-27-28(20-23-10-9-19-35-21-23)31(34)22(2)32(30(27)33(38)42-4)43(39,40)26-15-13-25(41-3)14-16-26/h6-19,21H,5,20,34H2,1-4H3. The van der Waals surface area contributed by atoms with E-state index in [1.165, 1.54) is 50.6 Å². The molecule has 43 heavy (non-hydrogen) atoms. The molecule has 0 atom stereocenters. The number of benzene rings is 3. The molecule has 1 aromatic heterocycles. The van der Waals surface area contributed by atoms with Crippen LogP contribution in [0.15, 0.2) is 95.0 Å². The van der Waals surface area contributed by atoms with Crippen LogP contribution < -0.4 is 15.4 Å². The second-order valence-electron chi connectivity index (χ2n) is 9.60. The normalized spacial score (nSPS) is 11.3. The Morgan fingerprint density at radius 2 is 1.70 bits per heavy atom. The van der Waals surface area contributed by atoms with Crippen LogP contribution >= 0.6 is 0 Å². The van der Waals surface area contributed by atoms with E-state index in [2.05, 4.69) is 4.98 Å². The van der Waals surface area contributed by atoms with E-state index >= 15 is 0 Å². The van der Waals surface area contributed by atoms with Gasteiger partial charge in [-0.05, 0) is 84.6 Å². The van der Waals surface area contributed by atoms with Gasteiger partial charge >= 0.3 is 5.97 Å². The number of nitrogens with zero attached hydrogens (tertiary/aromatic N) is 2. The first-order valence-electron chi connectivity index (χ1n) is 13.5. The molecule has 10 heteroatoms. The molecule has 4 rings (SSSR count). The fourth-order valence-corrected chi connectivity index (χ4v) is 6.57. The molecule has 4 aromatic rings. The molecule has 0 aliphatic rings. The number of para-hydroxylation sites is 1. The molecular formula is C33H33N3O6S. The van der Waals surface area contributed by atoms with Crippen LogP contribution in [0, 0.1) is 6.92 Å². The summed E-state index contributed by atoms with van der Waals surface area (Å²) in [5.74, 6) is -0.781. The number of amides is 1. The lowest BCUT2D eigenvalue weighted by atomic mass is 9.91. The highest BCUT2D eigenvalue weighted by Gasteiger charge is 2.33. The van der Waals surface area contributed by atoms with Gasteiger partial charge in [-0.2, -0.15) is 0 Å². The number of sulfone groups is 1. The maximum atomic E-state index is 14.1. The number of carbonyl (C=O) groups excluding carboxylic acids is 2. The van der Waals surface area contributed by atoms with Gasteiger partial charge in [-0.1, -0.05) is 24.3 Å². The van der Waals surface area contributed by atoms with E-state index in [-0.39, 0.29) is 44.5 Å². The summed E-state index contributed by atoms with van der Waals surface area (Å²) >= 11 is 0. The monoisotopic (exact) mass is 599 g/mol. The average Bonchev–Trinajstić information content (AvgIpc) is 3.03. The van der Waals surface area contributed by atoms with Crippen molar-refractivity contribution in [3.8, 4) is 5.75 Å². The summed E-state index contributed by atoms with van der Waals surface area (Å²) in [7, 11) is -1.65. The van der Waals surface area contributed by atoms with Crippen LogP contribution in [0.3, 0.4) is 0 Å². The van der Waals surface area contributed by atoms with Crippen molar-refractivity contribution in [2.75, 3.05) is 31.4 Å². The van der Waals surface area contributed by atoms with Crippen molar-refractivity contribution >= 4 is 39.2 Å². The molecule has 1 heterocycles. The Balaban J connectivity index is 1.99. The molecular weight excluding hydrogens is 566 g/mol. The minimum Gasteiger partial charge on any atom is -0.497 e. The molecule has 3 aromatic carbocycles. The zero-order chi connectivity index (χ0) is 31.1. The van der Waals surface area contributed by atoms with Crippen LogP contribution in [0.1, 0.15) is 39.5 Å². The molecule has 0 fully saturated rings. The number of hydrogen-bond donors (Lipinski definition) is 1. The largest absolute Gasteiger partial charge is 0.497 e. The lowest BCUT2D eigenvalue weighted by Gasteiger charge is -2.22. The van der Waals surface area contributed by atoms with Gasteiger partial charge in [-0.3, -0.25) is 9.78 Å². The predicted molar refractivity (Wildman–Crippen MR) is 166 cm³/mol. The first-order chi connectivity index (χ1) is 20.6. The Labute approximate surface area is 251 Å². The van der Waals surface area contributed by atoms with Crippen LogP contribution in [-0.4, -0.2) is 46.0 Å². The second-order valence-corrected chi connectivity index (χ2v) is 11.5. The zero-order valence-electron chi connectivity index (χ0n) is 24.4. The van der Waals surface area contributed by atoms with Gasteiger partial charge in [-0.25, -0.2) is 13.2 Å². The number of aromatic nitrogens is 1. The SMILES string of the molecule is CCN(C(=O)C=Cc1c(Cc2cccnc2)c(N)c(C)c(S(=O)(=O)c2ccc(OC)cc2)c1C(=O)OC)c1ccccc1. The number of esters is 1. The van der Waals surface area contributed by atoms with Gasteiger partial charge in [0, 0.05) is 42.8 Å². The molecule has 0 radical (unpaired) electrons. The third kappa shape index (κ3) is 6.44. The first kappa shape index (κ1) is 31.0. The van der Waals surface area contributed by atoms with Crippen molar-refractivity contribution in [3.05, 3.63) is 113 Å². The molecule has 0 saturated carbocycles. The molecule has 0 aliphatic heterocycles. The topological polar surface area (TPSA) is 129 Å². The van der Waals surface area contributed by atoms with Gasteiger partial charge in [0.2, 0.25) is 9.84 Å². The number of pyridine rings is 1. The lowest BCUT2D eigenvalue weighted by molar-refractivity contribution is -0.114. The third-order valence-electron chi connectivity index (χ3n) is 7.07. The van der Waals surface area contributed by atoms with E-state index in [0.29, 0.717) is 23.5 Å². The summed E-state index contributed by atoms with van der Waals surface area (Å²) in [5, 5.41) is 0. The predicted octanol–water partition coefficient (Wildman–Crippen LogP) is 5.26. The van der Waals surface area contributed by atoms with Gasteiger partial charge in [-0.15, -0.1) is 0 Å². The number of likely N-dealkylation sites (N-methyl/N-ethyl adjacent to an activating group) is 1. The van der Waals surface area contributed by atoms with Crippen molar-refractivity contribution in [3.63, 3.8) is 0 Å². The number of methoxy groups -OCH3 is 2. The van der Waals surface area contributed by atoms with Crippen molar-refractivity contribution in [1.29, 1.82) is 0 Å². The van der Waals surface area contributed by atoms with Gasteiger partial charge in [0.25, 0.3) is 5.91 Å². The maximum Gasteiger partial charge on any atom is 0.339 e. The summed E-state index contributed by atoms with van der Waals surface area (Å²) in [4.78, 5) is 32.3. The van der Waals surface area contributed by atoms with Crippen LogP contribution in [0.4, 0.5) is 11.4 Å². The van der Waals surface area contributed by atoms with E-state index in [4.69, 9.17) is 15.2 Å². The Bertz CT molecular complexity index is 1750. The number of ether oxygens (including phenoxy) is 2. The first-order valence-corrected chi connectivity index (χ1v) is 15.0. The summed E-state index contributed by atoms with van der Waals surface area (Å²) in [6.07, 6.45) is 6.25. The van der Waals surface area contributed by atoms with E-state index < -0.39 is 15.8 Å². The molecule has 0 aliphatic carbocycles. The van der Waals surface area contributed by atoms with E-state index in [9.17, 15) is 18.0 Å². The maximum absolute atomic E-state index is 14.1. The molecule has 0 unspecified atom stereocenters. The van der Waals surface area contributed by atoms with Gasteiger partial charge in [0.05, 0.1) is 29.6 Å². The molecule has 0 bridgehead atoms. The number of carbonyl (C=O) groups is 2. The van der Waals surface area contributed by atoms with Gasteiger partial charge in [0.15, 0.2) is 0 Å². The molecule has 1 amide bonds. The van der Waals surface area contributed by atoms with Crippen molar-refractivity contribution in [2.24, 2.45) is 0 Å². The fourth-order valence-electron chi connectivity index (χ4n) is 4.87. The number of hydrogen-bond acceptors (Lipinski definition) is 8. The van der Waals surface area contributed by atoms with Crippen LogP contribution in [0.5, 0.6) is 5.75 Å². The quantitative estimate of drug-likeness (QED) is 0.149. The van der Waals surface area contributed by atoms with E-state index in [1.54, 1.807) is 30.3 Å². The van der Waals surface area contributed by atoms with Crippen LogP contribution in [0.25, 0.3) is 6.08 Å². The lowest BCUT2D eigenvalue weighted by Crippen LogP contribution is -2.28. The highest BCUT2D eigenvalue weighted by atomic mass is 32.2. The van der Waals surface area contributed by atoms with Gasteiger partial charge in [0.1, 0.15) is 5.75 Å². The smallest absolute Gasteiger partial charge is 0.339 e. The summed E-state index contributed by atoms with van der Waals surface area (Å²) < 4.78 is 38.6. The van der Waals surface area contributed by atoms with Crippen LogP contribution in [-0.2, 0) is 25.8 Å². The van der Waals surface area contributed by atoms with Gasteiger partial charge < -0.3 is 20.1 Å². The third-order valence-corrected chi connectivity index (χ3v) is 9.01. The number of rotatable bonds is 10. The Morgan fingerprint density at radius 3 is 2.28 bits per heavy atom. The number of nitrogens with two attached hydrogens (primary N) is 1. The highest BCUT2D eigenvalue weighted by molar-refractivity contribution is 7.91. The van der Waals surface area contributed by atoms with Crippen molar-refractivity contribution in [2.45, 2.75) is 30.1 Å². The van der Waals surface area contributed by atoms with E-state index in [0.717, 1.165) is 5.56 Å². The fraction of sp³-hybridized carbons (Fsp3) is 0.182. The Hall–Kier alpha value is -4.96. The minimum atomic E-state index is -4.30. The summed E-state index contributed by atoms with van der Waals surface area (Å²) in [6.45, 7) is 3.78. The summed E-state index contributed by atoms with van der Waals surface area (Å²) in [5.41, 5.74) is 8.91. The molecule has 0 spiro atoms.